The Hall–Kier alpha value is -0.820. The number of benzene rings is 1. The number of nitrogens with zero attached hydrogens (tertiary/aromatic N) is 1. The van der Waals surface area contributed by atoms with Crippen molar-refractivity contribution in [3.63, 3.8) is 0 Å². The first-order valence-electron chi connectivity index (χ1n) is 6.50. The molecule has 0 bridgehead atoms. The first-order chi connectivity index (χ1) is 7.69. The average Bonchev–Trinajstić information content (AvgIpc) is 2.23. The number of hydrogen-bond donors (Lipinski definition) is 0. The topological polar surface area (TPSA) is 3.24 Å². The molecule has 1 nitrogen and oxygen atoms in total. The fourth-order valence-corrected chi connectivity index (χ4v) is 2.37. The molecule has 1 aromatic carbocycles. The molecule has 0 N–H and O–H groups in total. The van der Waals surface area contributed by atoms with Gasteiger partial charge in [-0.2, -0.15) is 0 Å². The van der Waals surface area contributed by atoms with Gasteiger partial charge in [0, 0.05) is 19.6 Å². The predicted octanol–water partition coefficient (Wildman–Crippen LogP) is 3.65. The molecule has 0 radical (unpaired) electrons. The van der Waals surface area contributed by atoms with Crippen LogP contribution >= 0.6 is 0 Å². The molecule has 1 aromatic rings. The maximum atomic E-state index is 2.55. The third kappa shape index (κ3) is 2.65. The summed E-state index contributed by atoms with van der Waals surface area (Å²) in [7, 11) is 0. The zero-order valence-corrected chi connectivity index (χ0v) is 10.7. The fraction of sp³-hybridized carbons (Fsp3) is 0.600. The number of rotatable bonds is 4. The minimum absolute atomic E-state index is 0.639. The summed E-state index contributed by atoms with van der Waals surface area (Å²) in [6, 6.07) is 9.05. The summed E-state index contributed by atoms with van der Waals surface area (Å²) in [6.07, 6.45) is 1.34. The lowest BCUT2D eigenvalue weighted by Crippen LogP contribution is -2.45. The second kappa shape index (κ2) is 5.01. The van der Waals surface area contributed by atoms with Crippen LogP contribution in [0.3, 0.4) is 0 Å². The molecule has 0 unspecified atom stereocenters. The molecule has 0 aliphatic carbocycles. The highest BCUT2D eigenvalue weighted by Crippen LogP contribution is 2.22. The Morgan fingerprint density at radius 1 is 1.31 bits per heavy atom. The van der Waals surface area contributed by atoms with E-state index in [0.29, 0.717) is 5.92 Å². The first-order valence-corrected chi connectivity index (χ1v) is 6.50. The van der Waals surface area contributed by atoms with Crippen LogP contribution in [-0.2, 0) is 6.54 Å². The molecule has 0 amide bonds. The van der Waals surface area contributed by atoms with E-state index in [1.807, 2.05) is 0 Å². The van der Waals surface area contributed by atoms with E-state index in [1.165, 1.54) is 30.6 Å². The Kier molecular flexibility index (Phi) is 3.65. The van der Waals surface area contributed by atoms with E-state index >= 15 is 0 Å². The van der Waals surface area contributed by atoms with Crippen molar-refractivity contribution in [1.29, 1.82) is 0 Å². The molecule has 0 saturated carbocycles. The van der Waals surface area contributed by atoms with Crippen molar-refractivity contribution < 1.29 is 0 Å². The number of likely N-dealkylation sites (tertiary alicyclic amines) is 1. The summed E-state index contributed by atoms with van der Waals surface area (Å²) in [5.74, 6) is 1.59. The van der Waals surface area contributed by atoms with E-state index in [0.717, 1.165) is 12.5 Å². The van der Waals surface area contributed by atoms with Crippen LogP contribution in [0.15, 0.2) is 24.3 Å². The summed E-state index contributed by atoms with van der Waals surface area (Å²) in [4.78, 5) is 2.55. The standard InChI is InChI=1S/C15H23N/c1-4-13-9-16(10-13)11-14-6-5-7-15(8-14)12(2)3/h5-8,12-13H,4,9-11H2,1-3H3. The van der Waals surface area contributed by atoms with Crippen LogP contribution in [0.5, 0.6) is 0 Å². The molecule has 1 heterocycles. The molecule has 2 rings (SSSR count). The summed E-state index contributed by atoms with van der Waals surface area (Å²) in [6.45, 7) is 10.5. The summed E-state index contributed by atoms with van der Waals surface area (Å²) < 4.78 is 0. The Bertz CT molecular complexity index is 337. The second-order valence-corrected chi connectivity index (χ2v) is 5.37. The SMILES string of the molecule is CCC1CN(Cc2cccc(C(C)C)c2)C1. The lowest BCUT2D eigenvalue weighted by molar-refractivity contribution is 0.0899. The maximum absolute atomic E-state index is 2.55. The van der Waals surface area contributed by atoms with Gasteiger partial charge in [0.1, 0.15) is 0 Å². The molecule has 16 heavy (non-hydrogen) atoms. The van der Waals surface area contributed by atoms with Crippen LogP contribution in [0.1, 0.15) is 44.2 Å². The van der Waals surface area contributed by atoms with Crippen molar-refractivity contribution >= 4 is 0 Å². The van der Waals surface area contributed by atoms with Crippen molar-refractivity contribution in [2.45, 2.75) is 39.7 Å². The van der Waals surface area contributed by atoms with Crippen molar-refractivity contribution in [2.75, 3.05) is 13.1 Å². The number of hydrogen-bond acceptors (Lipinski definition) is 1. The van der Waals surface area contributed by atoms with E-state index in [1.54, 1.807) is 0 Å². The molecule has 1 heteroatoms. The van der Waals surface area contributed by atoms with Crippen molar-refractivity contribution in [3.05, 3.63) is 35.4 Å². The van der Waals surface area contributed by atoms with E-state index in [4.69, 9.17) is 0 Å². The maximum Gasteiger partial charge on any atom is 0.0234 e. The Balaban J connectivity index is 1.92. The largest absolute Gasteiger partial charge is 0.298 e. The smallest absolute Gasteiger partial charge is 0.0234 e. The Morgan fingerprint density at radius 3 is 2.69 bits per heavy atom. The van der Waals surface area contributed by atoms with E-state index in [2.05, 4.69) is 49.9 Å². The van der Waals surface area contributed by atoms with Crippen molar-refractivity contribution in [1.82, 2.24) is 4.90 Å². The molecular weight excluding hydrogens is 194 g/mol. The lowest BCUT2D eigenvalue weighted by atomic mass is 9.95. The van der Waals surface area contributed by atoms with Crippen molar-refractivity contribution in [2.24, 2.45) is 5.92 Å². The molecular formula is C15H23N. The van der Waals surface area contributed by atoms with Gasteiger partial charge in [-0.1, -0.05) is 51.5 Å². The van der Waals surface area contributed by atoms with Gasteiger partial charge in [0.2, 0.25) is 0 Å². The Labute approximate surface area is 99.5 Å². The average molecular weight is 217 g/mol. The molecule has 88 valence electrons. The monoisotopic (exact) mass is 217 g/mol. The molecule has 1 aliphatic rings. The summed E-state index contributed by atoms with van der Waals surface area (Å²) in [5, 5.41) is 0. The van der Waals surface area contributed by atoms with Gasteiger partial charge in [0.15, 0.2) is 0 Å². The zero-order chi connectivity index (χ0) is 11.5. The van der Waals surface area contributed by atoms with Gasteiger partial charge < -0.3 is 0 Å². The molecule has 1 fully saturated rings. The van der Waals surface area contributed by atoms with E-state index in [-0.39, 0.29) is 0 Å². The van der Waals surface area contributed by atoms with Gasteiger partial charge in [0.25, 0.3) is 0 Å². The molecule has 0 aromatic heterocycles. The van der Waals surface area contributed by atoms with E-state index < -0.39 is 0 Å². The molecule has 1 aliphatic heterocycles. The summed E-state index contributed by atoms with van der Waals surface area (Å²) in [5.41, 5.74) is 2.94. The van der Waals surface area contributed by atoms with Crippen LogP contribution in [0, 0.1) is 5.92 Å². The second-order valence-electron chi connectivity index (χ2n) is 5.37. The van der Waals surface area contributed by atoms with Crippen LogP contribution in [0.2, 0.25) is 0 Å². The van der Waals surface area contributed by atoms with Crippen LogP contribution in [0.25, 0.3) is 0 Å². The van der Waals surface area contributed by atoms with Crippen molar-refractivity contribution in [3.8, 4) is 0 Å². The molecule has 0 atom stereocenters. The molecule has 1 saturated heterocycles. The van der Waals surface area contributed by atoms with Gasteiger partial charge in [0.05, 0.1) is 0 Å². The highest BCUT2D eigenvalue weighted by atomic mass is 15.2. The third-order valence-corrected chi connectivity index (χ3v) is 3.63. The minimum atomic E-state index is 0.639. The van der Waals surface area contributed by atoms with Gasteiger partial charge in [-0.25, -0.2) is 0 Å². The van der Waals surface area contributed by atoms with Crippen LogP contribution in [0.4, 0.5) is 0 Å². The quantitative estimate of drug-likeness (QED) is 0.744. The van der Waals surface area contributed by atoms with Crippen LogP contribution in [-0.4, -0.2) is 18.0 Å². The first kappa shape index (κ1) is 11.7. The van der Waals surface area contributed by atoms with Gasteiger partial charge in [-0.05, 0) is 23.0 Å². The predicted molar refractivity (Wildman–Crippen MR) is 69.6 cm³/mol. The van der Waals surface area contributed by atoms with Gasteiger partial charge >= 0.3 is 0 Å². The Morgan fingerprint density at radius 2 is 2.06 bits per heavy atom. The highest BCUT2D eigenvalue weighted by Gasteiger charge is 2.24. The summed E-state index contributed by atoms with van der Waals surface area (Å²) >= 11 is 0. The normalized spacial score (nSPS) is 17.8. The van der Waals surface area contributed by atoms with Gasteiger partial charge in [-0.3, -0.25) is 4.90 Å². The lowest BCUT2D eigenvalue weighted by Gasteiger charge is -2.39. The molecule has 0 spiro atoms. The van der Waals surface area contributed by atoms with E-state index in [9.17, 15) is 0 Å². The zero-order valence-electron chi connectivity index (χ0n) is 10.7. The van der Waals surface area contributed by atoms with Crippen LogP contribution < -0.4 is 0 Å². The minimum Gasteiger partial charge on any atom is -0.298 e. The highest BCUT2D eigenvalue weighted by molar-refractivity contribution is 5.25. The third-order valence-electron chi connectivity index (χ3n) is 3.63. The van der Waals surface area contributed by atoms with Gasteiger partial charge in [-0.15, -0.1) is 0 Å². The fourth-order valence-electron chi connectivity index (χ4n) is 2.37.